The van der Waals surface area contributed by atoms with Crippen LogP contribution >= 0.6 is 11.8 Å². The minimum Gasteiger partial charge on any atom is -0.410 e. The van der Waals surface area contributed by atoms with Crippen LogP contribution in [0.1, 0.15) is 12.5 Å². The van der Waals surface area contributed by atoms with Crippen molar-refractivity contribution in [1.29, 1.82) is 0 Å². The highest BCUT2D eigenvalue weighted by molar-refractivity contribution is 8.00. The van der Waals surface area contributed by atoms with E-state index in [4.69, 9.17) is 4.42 Å². The van der Waals surface area contributed by atoms with Crippen LogP contribution < -0.4 is 4.90 Å². The van der Waals surface area contributed by atoms with Gasteiger partial charge in [-0.15, -0.1) is 10.2 Å². The van der Waals surface area contributed by atoms with Crippen LogP contribution in [0.25, 0.3) is 22.5 Å². The maximum atomic E-state index is 12.9. The molecular weight excluding hydrogens is 372 g/mol. The van der Waals surface area contributed by atoms with Gasteiger partial charge in [0.25, 0.3) is 11.1 Å². The summed E-state index contributed by atoms with van der Waals surface area (Å²) in [4.78, 5) is 18.0. The van der Waals surface area contributed by atoms with Crippen molar-refractivity contribution >= 4 is 34.3 Å². The molecule has 2 aromatic carbocycles. The van der Waals surface area contributed by atoms with Crippen LogP contribution in [-0.2, 0) is 11.2 Å². The Balaban J connectivity index is 1.32. The third kappa shape index (κ3) is 2.97. The summed E-state index contributed by atoms with van der Waals surface area (Å²) < 4.78 is 5.79. The molecule has 140 valence electrons. The zero-order valence-electron chi connectivity index (χ0n) is 15.3. The van der Waals surface area contributed by atoms with Crippen molar-refractivity contribution < 1.29 is 9.21 Å². The summed E-state index contributed by atoms with van der Waals surface area (Å²) in [7, 11) is 0. The molecule has 0 bridgehead atoms. The number of anilines is 1. The average molecular weight is 390 g/mol. The second-order valence-corrected chi connectivity index (χ2v) is 8.06. The van der Waals surface area contributed by atoms with Crippen LogP contribution in [0.15, 0.2) is 64.2 Å². The third-order valence-corrected chi connectivity index (χ3v) is 5.87. The van der Waals surface area contributed by atoms with E-state index in [1.807, 2.05) is 60.4 Å². The second-order valence-electron chi connectivity index (χ2n) is 6.77. The first-order valence-corrected chi connectivity index (χ1v) is 10.0. The third-order valence-electron chi connectivity index (χ3n) is 4.95. The Kier molecular flexibility index (Phi) is 4.16. The predicted molar refractivity (Wildman–Crippen MR) is 109 cm³/mol. The molecule has 28 heavy (non-hydrogen) atoms. The summed E-state index contributed by atoms with van der Waals surface area (Å²) >= 11 is 1.29. The van der Waals surface area contributed by atoms with Gasteiger partial charge in [-0.2, -0.15) is 0 Å². The molecular formula is C21H18N4O2S. The summed E-state index contributed by atoms with van der Waals surface area (Å²) in [6, 6.07) is 18.0. The summed E-state index contributed by atoms with van der Waals surface area (Å²) in [6.45, 7) is 2.59. The molecule has 0 saturated heterocycles. The Morgan fingerprint density at radius 2 is 2.00 bits per heavy atom. The highest BCUT2D eigenvalue weighted by Crippen LogP contribution is 2.32. The van der Waals surface area contributed by atoms with E-state index in [1.165, 1.54) is 17.3 Å². The monoisotopic (exact) mass is 390 g/mol. The first-order chi connectivity index (χ1) is 13.7. The fourth-order valence-corrected chi connectivity index (χ4v) is 4.29. The van der Waals surface area contributed by atoms with Gasteiger partial charge in [0, 0.05) is 23.1 Å². The molecule has 1 N–H and O–H groups in total. The van der Waals surface area contributed by atoms with E-state index < -0.39 is 0 Å². The lowest BCUT2D eigenvalue weighted by atomic mass is 10.2. The average Bonchev–Trinajstić information content (AvgIpc) is 3.44. The molecule has 1 atom stereocenters. The van der Waals surface area contributed by atoms with Gasteiger partial charge in [-0.3, -0.25) is 4.79 Å². The van der Waals surface area contributed by atoms with E-state index in [-0.39, 0.29) is 11.2 Å². The Morgan fingerprint density at radius 3 is 2.89 bits per heavy atom. The largest absolute Gasteiger partial charge is 0.410 e. The normalized spacial score (nSPS) is 14.4. The van der Waals surface area contributed by atoms with Gasteiger partial charge in [-0.05, 0) is 37.1 Å². The van der Waals surface area contributed by atoms with Gasteiger partial charge < -0.3 is 14.3 Å². The van der Waals surface area contributed by atoms with E-state index in [1.54, 1.807) is 0 Å². The van der Waals surface area contributed by atoms with E-state index >= 15 is 0 Å². The predicted octanol–water partition coefficient (Wildman–Crippen LogP) is 4.29. The summed E-state index contributed by atoms with van der Waals surface area (Å²) in [6.07, 6.45) is 0.893. The molecule has 1 amide bonds. The standard InChI is InChI=1S/C21H18N4O2S/c1-13(20(26)25-11-10-14-6-3-5-9-18(14)25)28-21-24-23-19(27-21)17-12-15-7-2-4-8-16(15)22-17/h2-9,12-13,22H,10-11H2,1H3/t13-/m0/s1. The lowest BCUT2D eigenvalue weighted by Gasteiger charge is -2.20. The van der Waals surface area contributed by atoms with Crippen molar-refractivity contribution in [2.24, 2.45) is 0 Å². The van der Waals surface area contributed by atoms with Crippen LogP contribution in [0.4, 0.5) is 5.69 Å². The van der Waals surface area contributed by atoms with Gasteiger partial charge in [-0.1, -0.05) is 48.2 Å². The molecule has 6 nitrogen and oxygen atoms in total. The highest BCUT2D eigenvalue weighted by Gasteiger charge is 2.29. The number of H-pyrrole nitrogens is 1. The number of hydrogen-bond acceptors (Lipinski definition) is 5. The maximum Gasteiger partial charge on any atom is 0.277 e. The van der Waals surface area contributed by atoms with E-state index in [0.717, 1.165) is 28.7 Å². The van der Waals surface area contributed by atoms with E-state index in [9.17, 15) is 4.79 Å². The smallest absolute Gasteiger partial charge is 0.277 e. The number of carbonyl (C=O) groups excluding carboxylic acids is 1. The minimum atomic E-state index is -0.317. The van der Waals surface area contributed by atoms with Crippen LogP contribution in [0.5, 0.6) is 0 Å². The number of benzene rings is 2. The summed E-state index contributed by atoms with van der Waals surface area (Å²) in [5, 5.41) is 9.40. The number of hydrogen-bond donors (Lipinski definition) is 1. The lowest BCUT2D eigenvalue weighted by molar-refractivity contribution is -0.117. The summed E-state index contributed by atoms with van der Waals surface area (Å²) in [5.74, 6) is 0.477. The number of nitrogens with one attached hydrogen (secondary N) is 1. The topological polar surface area (TPSA) is 75.0 Å². The molecule has 0 fully saturated rings. The van der Waals surface area contributed by atoms with Crippen molar-refractivity contribution in [3.05, 3.63) is 60.2 Å². The van der Waals surface area contributed by atoms with Gasteiger partial charge >= 0.3 is 0 Å². The molecule has 1 aliphatic heterocycles. The number of fused-ring (bicyclic) bond motifs is 2. The Labute approximate surface area is 166 Å². The lowest BCUT2D eigenvalue weighted by Crippen LogP contribution is -2.35. The Morgan fingerprint density at radius 1 is 1.18 bits per heavy atom. The molecule has 0 saturated carbocycles. The van der Waals surface area contributed by atoms with Crippen LogP contribution in [0.2, 0.25) is 0 Å². The quantitative estimate of drug-likeness (QED) is 0.526. The molecule has 0 radical (unpaired) electrons. The van der Waals surface area contributed by atoms with Gasteiger partial charge in [-0.25, -0.2) is 0 Å². The van der Waals surface area contributed by atoms with Gasteiger partial charge in [0.1, 0.15) is 5.69 Å². The SMILES string of the molecule is C[C@H](Sc1nnc(-c2cc3ccccc3[nH]2)o1)C(=O)N1CCc2ccccc21. The highest BCUT2D eigenvalue weighted by atomic mass is 32.2. The first-order valence-electron chi connectivity index (χ1n) is 9.16. The van der Waals surface area contributed by atoms with E-state index in [0.29, 0.717) is 17.7 Å². The molecule has 3 heterocycles. The van der Waals surface area contributed by atoms with Gasteiger partial charge in [0.15, 0.2) is 0 Å². The minimum absolute atomic E-state index is 0.0558. The van der Waals surface area contributed by atoms with Crippen molar-refractivity contribution in [3.8, 4) is 11.6 Å². The maximum absolute atomic E-state index is 12.9. The molecule has 2 aromatic heterocycles. The zero-order chi connectivity index (χ0) is 19.1. The van der Waals surface area contributed by atoms with Crippen molar-refractivity contribution in [1.82, 2.24) is 15.2 Å². The number of aromatic amines is 1. The van der Waals surface area contributed by atoms with Crippen molar-refractivity contribution in [3.63, 3.8) is 0 Å². The molecule has 7 heteroatoms. The number of para-hydroxylation sites is 2. The second kappa shape index (κ2) is 6.83. The molecule has 0 unspecified atom stereocenters. The number of nitrogens with zero attached hydrogens (tertiary/aromatic N) is 3. The number of rotatable bonds is 4. The molecule has 0 spiro atoms. The first kappa shape index (κ1) is 17.1. The van der Waals surface area contributed by atoms with Gasteiger partial charge in [0.05, 0.1) is 5.25 Å². The molecule has 0 aliphatic carbocycles. The zero-order valence-corrected chi connectivity index (χ0v) is 16.1. The van der Waals surface area contributed by atoms with Crippen LogP contribution in [0.3, 0.4) is 0 Å². The number of amides is 1. The van der Waals surface area contributed by atoms with Crippen molar-refractivity contribution in [2.45, 2.75) is 23.8 Å². The fraction of sp³-hybridized carbons (Fsp3) is 0.190. The van der Waals surface area contributed by atoms with E-state index in [2.05, 4.69) is 21.2 Å². The van der Waals surface area contributed by atoms with Crippen molar-refractivity contribution in [2.75, 3.05) is 11.4 Å². The Hall–Kier alpha value is -3.06. The summed E-state index contributed by atoms with van der Waals surface area (Å²) in [5.41, 5.74) is 4.00. The number of carbonyl (C=O) groups is 1. The fourth-order valence-electron chi connectivity index (χ4n) is 3.54. The van der Waals surface area contributed by atoms with Crippen LogP contribution in [0, 0.1) is 0 Å². The van der Waals surface area contributed by atoms with Gasteiger partial charge in [0.2, 0.25) is 5.91 Å². The van der Waals surface area contributed by atoms with Crippen LogP contribution in [-0.4, -0.2) is 32.9 Å². The number of aromatic nitrogens is 3. The molecule has 5 rings (SSSR count). The Bertz CT molecular complexity index is 1130. The molecule has 4 aromatic rings. The molecule has 1 aliphatic rings. The number of thioether (sulfide) groups is 1.